The molecule has 1 aromatic heterocycles. The van der Waals surface area contributed by atoms with Crippen LogP contribution in [0.3, 0.4) is 0 Å². The van der Waals surface area contributed by atoms with Crippen LogP contribution in [0.5, 0.6) is 5.75 Å². The van der Waals surface area contributed by atoms with Gasteiger partial charge in [0.15, 0.2) is 0 Å². The molecular weight excluding hydrogens is 488 g/mol. The van der Waals surface area contributed by atoms with E-state index in [4.69, 9.17) is 9.72 Å². The zero-order valence-corrected chi connectivity index (χ0v) is 22.3. The highest BCUT2D eigenvalue weighted by Gasteiger charge is 2.29. The number of ether oxygens (including phenoxy) is 1. The van der Waals surface area contributed by atoms with Crippen molar-refractivity contribution in [3.05, 3.63) is 96.7 Å². The van der Waals surface area contributed by atoms with Crippen LogP contribution in [-0.4, -0.2) is 39.4 Å². The fraction of sp³-hybridized carbons (Fsp3) is 0.281. The number of benzene rings is 3. The van der Waals surface area contributed by atoms with Crippen molar-refractivity contribution in [2.75, 3.05) is 18.5 Å². The van der Waals surface area contributed by atoms with Crippen molar-refractivity contribution in [3.63, 3.8) is 0 Å². The molecule has 0 spiro atoms. The first-order valence-electron chi connectivity index (χ1n) is 13.6. The van der Waals surface area contributed by atoms with Crippen LogP contribution in [0.25, 0.3) is 16.9 Å². The Labute approximate surface area is 229 Å². The minimum Gasteiger partial charge on any atom is -0.494 e. The number of rotatable bonds is 10. The number of hydrogen-bond donors (Lipinski definition) is 1. The van der Waals surface area contributed by atoms with Gasteiger partial charge in [0, 0.05) is 30.3 Å². The number of aromatic nitrogens is 2. The van der Waals surface area contributed by atoms with E-state index >= 15 is 0 Å². The average Bonchev–Trinajstić information content (AvgIpc) is 3.65. The van der Waals surface area contributed by atoms with Crippen LogP contribution in [0.15, 0.2) is 91.1 Å². The summed E-state index contributed by atoms with van der Waals surface area (Å²) in [6.07, 6.45) is 5.78. The highest BCUT2D eigenvalue weighted by molar-refractivity contribution is 5.94. The van der Waals surface area contributed by atoms with Gasteiger partial charge in [0.05, 0.1) is 18.0 Å². The number of nitrogens with zero attached hydrogens (tertiary/aromatic N) is 3. The third-order valence-electron chi connectivity index (χ3n) is 7.00. The fourth-order valence-electron chi connectivity index (χ4n) is 5.09. The molecule has 1 heterocycles. The number of nitrogens with one attached hydrogen (secondary N) is 1. The van der Waals surface area contributed by atoms with Crippen molar-refractivity contribution in [2.45, 2.75) is 39.2 Å². The Morgan fingerprint density at radius 1 is 0.974 bits per heavy atom. The quantitative estimate of drug-likeness (QED) is 0.273. The summed E-state index contributed by atoms with van der Waals surface area (Å²) in [4.78, 5) is 33.3. The second-order valence-corrected chi connectivity index (χ2v) is 9.83. The minimum atomic E-state index is -0.287. The van der Waals surface area contributed by atoms with E-state index in [2.05, 4.69) is 5.32 Å². The maximum Gasteiger partial charge on any atom is 0.246 e. The van der Waals surface area contributed by atoms with E-state index in [0.29, 0.717) is 19.1 Å². The molecule has 0 radical (unpaired) electrons. The molecule has 1 aliphatic carbocycles. The van der Waals surface area contributed by atoms with Crippen molar-refractivity contribution in [1.29, 1.82) is 0 Å². The molecule has 3 aromatic carbocycles. The van der Waals surface area contributed by atoms with E-state index in [1.165, 1.54) is 0 Å². The standard InChI is InChI=1S/C32H34N4O3/c1-2-39-28-19-11-18-27(20-28)36-22-29(25-14-7-4-8-15-25)33-32(36)34-30(37)23-35(21-24-12-5-3-6-13-24)31(38)26-16-9-10-17-26/h3-8,11-15,18-20,22,26H,2,9-10,16-17,21,23H2,1H3,(H,33,34,37). The number of imidazole rings is 1. The van der Waals surface area contributed by atoms with E-state index in [1.807, 2.05) is 103 Å². The molecule has 39 heavy (non-hydrogen) atoms. The normalized spacial score (nSPS) is 13.3. The van der Waals surface area contributed by atoms with Gasteiger partial charge < -0.3 is 9.64 Å². The zero-order chi connectivity index (χ0) is 27.0. The molecule has 0 atom stereocenters. The molecule has 5 rings (SSSR count). The first-order chi connectivity index (χ1) is 19.1. The Hall–Kier alpha value is -4.39. The molecule has 0 unspecified atom stereocenters. The maximum absolute atomic E-state index is 13.4. The lowest BCUT2D eigenvalue weighted by Gasteiger charge is -2.25. The smallest absolute Gasteiger partial charge is 0.246 e. The second-order valence-electron chi connectivity index (χ2n) is 9.83. The van der Waals surface area contributed by atoms with E-state index in [9.17, 15) is 9.59 Å². The summed E-state index contributed by atoms with van der Waals surface area (Å²) in [6, 6.07) is 27.3. The zero-order valence-electron chi connectivity index (χ0n) is 22.3. The third kappa shape index (κ3) is 6.55. The van der Waals surface area contributed by atoms with Crippen LogP contribution in [0.1, 0.15) is 38.2 Å². The lowest BCUT2D eigenvalue weighted by Crippen LogP contribution is -2.40. The molecule has 1 fully saturated rings. The van der Waals surface area contributed by atoms with Gasteiger partial charge in [0.25, 0.3) is 0 Å². The molecular formula is C32H34N4O3. The molecule has 0 bridgehead atoms. The molecule has 7 heteroatoms. The second kappa shape index (κ2) is 12.4. The predicted octanol–water partition coefficient (Wildman–Crippen LogP) is 6.10. The van der Waals surface area contributed by atoms with Gasteiger partial charge in [-0.25, -0.2) is 4.98 Å². The van der Waals surface area contributed by atoms with Crippen molar-refractivity contribution in [3.8, 4) is 22.7 Å². The van der Waals surface area contributed by atoms with Crippen LogP contribution < -0.4 is 10.1 Å². The molecule has 7 nitrogen and oxygen atoms in total. The Morgan fingerprint density at radius 3 is 2.41 bits per heavy atom. The lowest BCUT2D eigenvalue weighted by atomic mass is 10.1. The first-order valence-corrected chi connectivity index (χ1v) is 13.6. The molecule has 200 valence electrons. The van der Waals surface area contributed by atoms with Crippen molar-refractivity contribution in [1.82, 2.24) is 14.5 Å². The molecule has 2 amide bonds. The van der Waals surface area contributed by atoms with Crippen molar-refractivity contribution >= 4 is 17.8 Å². The molecule has 4 aromatic rings. The largest absolute Gasteiger partial charge is 0.494 e. The van der Waals surface area contributed by atoms with Gasteiger partial charge in [-0.2, -0.15) is 0 Å². The van der Waals surface area contributed by atoms with Crippen molar-refractivity contribution in [2.24, 2.45) is 5.92 Å². The number of carbonyl (C=O) groups is 2. The molecule has 1 aliphatic rings. The van der Waals surface area contributed by atoms with Gasteiger partial charge >= 0.3 is 0 Å². The fourth-order valence-corrected chi connectivity index (χ4v) is 5.09. The number of hydrogen-bond acceptors (Lipinski definition) is 4. The van der Waals surface area contributed by atoms with E-state index in [1.54, 1.807) is 4.90 Å². The molecule has 0 saturated heterocycles. The minimum absolute atomic E-state index is 0.0190. The van der Waals surface area contributed by atoms with Crippen LogP contribution in [0, 0.1) is 5.92 Å². The van der Waals surface area contributed by atoms with E-state index in [0.717, 1.165) is 53.9 Å². The summed E-state index contributed by atoms with van der Waals surface area (Å²) in [5, 5.41) is 2.99. The molecule has 1 saturated carbocycles. The van der Waals surface area contributed by atoms with Crippen molar-refractivity contribution < 1.29 is 14.3 Å². The van der Waals surface area contributed by atoms with E-state index in [-0.39, 0.29) is 24.3 Å². The van der Waals surface area contributed by atoms with Crippen LogP contribution in [0.4, 0.5) is 5.95 Å². The number of amides is 2. The summed E-state index contributed by atoms with van der Waals surface area (Å²) in [5.41, 5.74) is 3.48. The summed E-state index contributed by atoms with van der Waals surface area (Å²) in [5.74, 6) is 0.863. The summed E-state index contributed by atoms with van der Waals surface area (Å²) >= 11 is 0. The maximum atomic E-state index is 13.4. The number of anilines is 1. The summed E-state index contributed by atoms with van der Waals surface area (Å²) in [7, 11) is 0. The van der Waals surface area contributed by atoms with Gasteiger partial charge in [-0.05, 0) is 37.5 Å². The Morgan fingerprint density at radius 2 is 1.69 bits per heavy atom. The summed E-state index contributed by atoms with van der Waals surface area (Å²) < 4.78 is 7.55. The SMILES string of the molecule is CCOc1cccc(-n2cc(-c3ccccc3)nc2NC(=O)CN(Cc2ccccc2)C(=O)C2CCCC2)c1. The Balaban J connectivity index is 1.42. The van der Waals surface area contributed by atoms with Crippen LogP contribution >= 0.6 is 0 Å². The first kappa shape index (κ1) is 26.2. The van der Waals surface area contributed by atoms with Gasteiger partial charge in [0.1, 0.15) is 12.3 Å². The van der Waals surface area contributed by atoms with Gasteiger partial charge in [-0.3, -0.25) is 19.5 Å². The monoisotopic (exact) mass is 522 g/mol. The number of carbonyl (C=O) groups excluding carboxylic acids is 2. The van der Waals surface area contributed by atoms with Crippen LogP contribution in [-0.2, 0) is 16.1 Å². The van der Waals surface area contributed by atoms with Gasteiger partial charge in [-0.1, -0.05) is 79.6 Å². The highest BCUT2D eigenvalue weighted by atomic mass is 16.5. The topological polar surface area (TPSA) is 76.5 Å². The third-order valence-corrected chi connectivity index (χ3v) is 7.00. The Bertz CT molecular complexity index is 1400. The summed E-state index contributed by atoms with van der Waals surface area (Å²) in [6.45, 7) is 2.84. The highest BCUT2D eigenvalue weighted by Crippen LogP contribution is 2.28. The molecule has 1 N–H and O–H groups in total. The average molecular weight is 523 g/mol. The lowest BCUT2D eigenvalue weighted by molar-refractivity contribution is -0.138. The van der Waals surface area contributed by atoms with E-state index < -0.39 is 0 Å². The Kier molecular flexibility index (Phi) is 8.36. The molecule has 0 aliphatic heterocycles. The van der Waals surface area contributed by atoms with Gasteiger partial charge in [0.2, 0.25) is 17.8 Å². The predicted molar refractivity (Wildman–Crippen MR) is 153 cm³/mol. The van der Waals surface area contributed by atoms with Crippen LogP contribution in [0.2, 0.25) is 0 Å². The van der Waals surface area contributed by atoms with Gasteiger partial charge in [-0.15, -0.1) is 0 Å².